The smallest absolute Gasteiger partial charge is 0.334 e. The van der Waals surface area contributed by atoms with Crippen LogP contribution in [0.4, 0.5) is 23.0 Å². The van der Waals surface area contributed by atoms with Gasteiger partial charge in [-0.05, 0) is 24.3 Å². The fourth-order valence-corrected chi connectivity index (χ4v) is 3.95. The Morgan fingerprint density at radius 2 is 1.64 bits per heavy atom. The number of anilines is 3. The normalized spacial score (nSPS) is 11.6. The van der Waals surface area contributed by atoms with Crippen molar-refractivity contribution in [2.45, 2.75) is 18.7 Å². The Bertz CT molecular complexity index is 929. The Morgan fingerprint density at radius 1 is 1.07 bits per heavy atom. The Balaban J connectivity index is 2.34. The summed E-state index contributed by atoms with van der Waals surface area (Å²) in [6.45, 7) is 4.27. The second-order valence-electron chi connectivity index (χ2n) is 5.92. The van der Waals surface area contributed by atoms with Gasteiger partial charge < -0.3 is 5.32 Å². The fourth-order valence-electron chi connectivity index (χ4n) is 2.50. The van der Waals surface area contributed by atoms with Crippen molar-refractivity contribution >= 4 is 33.0 Å². The monoisotopic (exact) mass is 409 g/mol. The van der Waals surface area contributed by atoms with Gasteiger partial charge in [0.1, 0.15) is 6.33 Å². The van der Waals surface area contributed by atoms with Crippen molar-refractivity contribution in [1.29, 1.82) is 0 Å². The molecule has 0 aliphatic heterocycles. The topological polar surface area (TPSA) is 134 Å². The number of hydrogen-bond acceptors (Lipinski definition) is 9. The lowest BCUT2D eigenvalue weighted by atomic mass is 10.3. The molecule has 0 saturated heterocycles. The minimum atomic E-state index is -3.58. The molecule has 2 N–H and O–H groups in total. The summed E-state index contributed by atoms with van der Waals surface area (Å²) in [5.41, 5.74) is 2.88. The summed E-state index contributed by atoms with van der Waals surface area (Å²) in [7, 11) is -0.227. The summed E-state index contributed by atoms with van der Waals surface area (Å²) in [6, 6.07) is 5.95. The first-order valence-corrected chi connectivity index (χ1v) is 9.95. The van der Waals surface area contributed by atoms with E-state index >= 15 is 0 Å². The van der Waals surface area contributed by atoms with Gasteiger partial charge in [-0.1, -0.05) is 13.8 Å². The molecule has 152 valence electrons. The zero-order chi connectivity index (χ0) is 20.9. The number of nitrogens with one attached hydrogen (secondary N) is 2. The van der Waals surface area contributed by atoms with Gasteiger partial charge in [0.15, 0.2) is 0 Å². The van der Waals surface area contributed by atoms with E-state index < -0.39 is 14.9 Å². The second kappa shape index (κ2) is 8.91. The highest BCUT2D eigenvalue weighted by atomic mass is 32.2. The molecule has 0 saturated carbocycles. The molecule has 1 heterocycles. The number of nitro groups is 1. The molecule has 0 unspecified atom stereocenters. The Morgan fingerprint density at radius 3 is 2.14 bits per heavy atom. The molecule has 12 heteroatoms. The Labute approximate surface area is 163 Å². The minimum Gasteiger partial charge on any atom is -0.334 e. The molecular weight excluding hydrogens is 386 g/mol. The molecule has 2 rings (SSSR count). The summed E-state index contributed by atoms with van der Waals surface area (Å²) in [6.07, 6.45) is 1.19. The van der Waals surface area contributed by atoms with E-state index in [9.17, 15) is 18.5 Å². The van der Waals surface area contributed by atoms with E-state index in [2.05, 4.69) is 20.7 Å². The molecule has 0 atom stereocenters. The number of rotatable bonds is 9. The average molecular weight is 409 g/mol. The maximum Gasteiger partial charge on any atom is 0.354 e. The highest BCUT2D eigenvalue weighted by Gasteiger charge is 2.24. The molecule has 0 amide bonds. The quantitative estimate of drug-likeness (QED) is 0.471. The summed E-state index contributed by atoms with van der Waals surface area (Å²) in [4.78, 5) is 18.9. The van der Waals surface area contributed by atoms with Crippen LogP contribution in [-0.2, 0) is 10.0 Å². The van der Waals surface area contributed by atoms with Crippen molar-refractivity contribution in [2.75, 3.05) is 37.9 Å². The van der Waals surface area contributed by atoms with Crippen molar-refractivity contribution in [3.8, 4) is 0 Å². The Hall–Kier alpha value is -2.83. The largest absolute Gasteiger partial charge is 0.354 e. The van der Waals surface area contributed by atoms with Gasteiger partial charge in [-0.25, -0.2) is 23.4 Å². The van der Waals surface area contributed by atoms with Crippen LogP contribution in [0.15, 0.2) is 35.5 Å². The number of nitrogens with zero attached hydrogens (tertiary/aromatic N) is 5. The van der Waals surface area contributed by atoms with E-state index in [4.69, 9.17) is 0 Å². The van der Waals surface area contributed by atoms with Gasteiger partial charge in [0, 0.05) is 32.9 Å². The van der Waals surface area contributed by atoms with Gasteiger partial charge in [-0.15, -0.1) is 0 Å². The first-order chi connectivity index (χ1) is 13.2. The molecule has 1 aromatic carbocycles. The van der Waals surface area contributed by atoms with Crippen LogP contribution in [0.3, 0.4) is 0 Å². The number of hydrogen-bond donors (Lipinski definition) is 2. The van der Waals surface area contributed by atoms with Crippen LogP contribution < -0.4 is 10.7 Å². The molecular formula is C16H23N7O4S. The van der Waals surface area contributed by atoms with Crippen molar-refractivity contribution < 1.29 is 13.3 Å². The lowest BCUT2D eigenvalue weighted by molar-refractivity contribution is -0.383. The molecule has 0 aliphatic rings. The van der Waals surface area contributed by atoms with E-state index in [0.717, 1.165) is 0 Å². The van der Waals surface area contributed by atoms with Crippen LogP contribution in [0.5, 0.6) is 0 Å². The fraction of sp³-hybridized carbons (Fsp3) is 0.375. The molecule has 0 fully saturated rings. The first kappa shape index (κ1) is 21.5. The van der Waals surface area contributed by atoms with Crippen molar-refractivity contribution in [1.82, 2.24) is 19.3 Å². The van der Waals surface area contributed by atoms with Gasteiger partial charge in [0.2, 0.25) is 21.7 Å². The third-order valence-corrected chi connectivity index (χ3v) is 5.86. The van der Waals surface area contributed by atoms with Crippen LogP contribution in [0.25, 0.3) is 0 Å². The van der Waals surface area contributed by atoms with E-state index in [-0.39, 0.29) is 22.2 Å². The lowest BCUT2D eigenvalue weighted by Gasteiger charge is -2.18. The summed E-state index contributed by atoms with van der Waals surface area (Å²) in [5.74, 6) is 0.0249. The zero-order valence-electron chi connectivity index (χ0n) is 16.1. The molecule has 0 spiro atoms. The maximum absolute atomic E-state index is 12.5. The molecule has 1 aromatic heterocycles. The van der Waals surface area contributed by atoms with Gasteiger partial charge >= 0.3 is 5.69 Å². The SMILES string of the molecule is CCN(CC)S(=O)(=O)c1ccc(Nc2ncnc(NN(C)C)c2[N+](=O)[O-])cc1. The zero-order valence-corrected chi connectivity index (χ0v) is 16.9. The molecule has 0 aliphatic carbocycles. The van der Waals surface area contributed by atoms with Gasteiger partial charge in [-0.3, -0.25) is 15.5 Å². The highest BCUT2D eigenvalue weighted by molar-refractivity contribution is 7.89. The van der Waals surface area contributed by atoms with E-state index in [0.29, 0.717) is 18.8 Å². The van der Waals surface area contributed by atoms with E-state index in [1.807, 2.05) is 0 Å². The van der Waals surface area contributed by atoms with Gasteiger partial charge in [0.05, 0.1) is 9.82 Å². The van der Waals surface area contributed by atoms with Crippen LogP contribution in [0, 0.1) is 10.1 Å². The van der Waals surface area contributed by atoms with Crippen molar-refractivity contribution in [3.63, 3.8) is 0 Å². The summed E-state index contributed by atoms with van der Waals surface area (Å²) < 4.78 is 26.4. The lowest BCUT2D eigenvalue weighted by Crippen LogP contribution is -2.30. The van der Waals surface area contributed by atoms with E-state index in [1.54, 1.807) is 27.9 Å². The third kappa shape index (κ3) is 4.71. The second-order valence-corrected chi connectivity index (χ2v) is 7.86. The Kier molecular flexibility index (Phi) is 6.83. The van der Waals surface area contributed by atoms with Crippen molar-refractivity contribution in [3.05, 3.63) is 40.7 Å². The number of benzene rings is 1. The predicted octanol–water partition coefficient (Wildman–Crippen LogP) is 2.05. The van der Waals surface area contributed by atoms with Gasteiger partial charge in [-0.2, -0.15) is 4.31 Å². The predicted molar refractivity (Wildman–Crippen MR) is 106 cm³/mol. The molecule has 2 aromatic rings. The average Bonchev–Trinajstić information content (AvgIpc) is 2.62. The van der Waals surface area contributed by atoms with Crippen LogP contribution >= 0.6 is 0 Å². The van der Waals surface area contributed by atoms with Crippen LogP contribution in [0.2, 0.25) is 0 Å². The highest BCUT2D eigenvalue weighted by Crippen LogP contribution is 2.31. The molecule has 0 radical (unpaired) electrons. The minimum absolute atomic E-state index is 0.0105. The third-order valence-electron chi connectivity index (χ3n) is 3.79. The first-order valence-electron chi connectivity index (χ1n) is 8.51. The van der Waals surface area contributed by atoms with E-state index in [1.165, 1.54) is 39.9 Å². The summed E-state index contributed by atoms with van der Waals surface area (Å²) in [5, 5.41) is 15.8. The molecule has 11 nitrogen and oxygen atoms in total. The molecule has 28 heavy (non-hydrogen) atoms. The summed E-state index contributed by atoms with van der Waals surface area (Å²) >= 11 is 0. The van der Waals surface area contributed by atoms with Gasteiger partial charge in [0.25, 0.3) is 0 Å². The number of sulfonamides is 1. The van der Waals surface area contributed by atoms with Crippen LogP contribution in [0.1, 0.15) is 13.8 Å². The standard InChI is InChI=1S/C16H23N7O4S/c1-5-22(6-2)28(26,27)13-9-7-12(8-10-13)19-15-14(23(24)25)16(18-11-17-15)20-21(3)4/h7-11H,5-6H2,1-4H3,(H2,17,18,19,20). The van der Waals surface area contributed by atoms with Crippen molar-refractivity contribution in [2.24, 2.45) is 0 Å². The number of aromatic nitrogens is 2. The number of hydrazine groups is 1. The maximum atomic E-state index is 12.5. The van der Waals surface area contributed by atoms with Crippen LogP contribution in [-0.4, -0.2) is 59.8 Å². The molecule has 0 bridgehead atoms.